The predicted molar refractivity (Wildman–Crippen MR) is 120 cm³/mol. The van der Waals surface area contributed by atoms with Crippen LogP contribution in [0.4, 0.5) is 0 Å². The van der Waals surface area contributed by atoms with Crippen LogP contribution in [0.3, 0.4) is 0 Å². The van der Waals surface area contributed by atoms with E-state index in [0.717, 1.165) is 28.8 Å². The van der Waals surface area contributed by atoms with E-state index in [4.69, 9.17) is 16.6 Å². The van der Waals surface area contributed by atoms with Crippen molar-refractivity contribution in [3.63, 3.8) is 0 Å². The summed E-state index contributed by atoms with van der Waals surface area (Å²) in [5.74, 6) is 1.25. The number of aromatic amines is 1. The number of nitrogens with one attached hydrogen (secondary N) is 1. The predicted octanol–water partition coefficient (Wildman–Crippen LogP) is 2.55. The molecule has 4 rings (SSSR count). The molecule has 0 atom stereocenters. The number of halogens is 2. The van der Waals surface area contributed by atoms with Crippen LogP contribution in [-0.2, 0) is 6.54 Å². The van der Waals surface area contributed by atoms with E-state index in [1.165, 1.54) is 16.9 Å². The van der Waals surface area contributed by atoms with Crippen LogP contribution in [0.1, 0.15) is 44.0 Å². The third-order valence-electron chi connectivity index (χ3n) is 5.35. The fourth-order valence-corrected chi connectivity index (χ4v) is 4.78. The molecule has 0 aliphatic rings. The summed E-state index contributed by atoms with van der Waals surface area (Å²) in [6.45, 7) is 4.97. The Kier molecular flexibility index (Phi) is 7.29. The second kappa shape index (κ2) is 9.73. The lowest BCUT2D eigenvalue weighted by Crippen LogP contribution is -3.00. The van der Waals surface area contributed by atoms with Crippen molar-refractivity contribution >= 4 is 33.2 Å². The van der Waals surface area contributed by atoms with Gasteiger partial charge in [-0.3, -0.25) is 4.79 Å². The topological polar surface area (TPSA) is 49.6 Å². The van der Waals surface area contributed by atoms with Gasteiger partial charge < -0.3 is 17.4 Å². The molecule has 4 nitrogen and oxygen atoms in total. The Labute approximate surface area is 191 Å². The second-order valence-electron chi connectivity index (χ2n) is 7.17. The van der Waals surface area contributed by atoms with Crippen molar-refractivity contribution in [2.75, 3.05) is 0 Å². The molecule has 0 spiro atoms. The van der Waals surface area contributed by atoms with E-state index < -0.39 is 0 Å². The van der Waals surface area contributed by atoms with Crippen molar-refractivity contribution in [3.05, 3.63) is 80.9 Å². The van der Waals surface area contributed by atoms with E-state index in [9.17, 15) is 4.79 Å². The first kappa shape index (κ1) is 22.5. The SMILES string of the molecule is CCC(CC)c1cc[n+](Cc2nc3scc(-c4ccc(Cl)cc4)c3c(=O)[nH]2)cc1.[Cl-]. The molecule has 0 aliphatic heterocycles. The lowest BCUT2D eigenvalue weighted by atomic mass is 9.95. The Bertz CT molecular complexity index is 1180. The number of H-pyrrole nitrogens is 1. The summed E-state index contributed by atoms with van der Waals surface area (Å²) in [5.41, 5.74) is 3.11. The van der Waals surface area contributed by atoms with Crippen molar-refractivity contribution in [2.45, 2.75) is 39.2 Å². The first-order chi connectivity index (χ1) is 14.1. The number of aromatic nitrogens is 3. The largest absolute Gasteiger partial charge is 1.00 e. The van der Waals surface area contributed by atoms with Crippen molar-refractivity contribution in [3.8, 4) is 11.1 Å². The highest BCUT2D eigenvalue weighted by Gasteiger charge is 2.15. The van der Waals surface area contributed by atoms with E-state index in [-0.39, 0.29) is 18.0 Å². The Morgan fingerprint density at radius 2 is 1.77 bits per heavy atom. The Balaban J connectivity index is 0.00000256. The van der Waals surface area contributed by atoms with Gasteiger partial charge in [0.2, 0.25) is 6.54 Å². The summed E-state index contributed by atoms with van der Waals surface area (Å²) >= 11 is 7.47. The fraction of sp³-hybridized carbons (Fsp3) is 0.261. The van der Waals surface area contributed by atoms with Gasteiger partial charge >= 0.3 is 0 Å². The Hall–Kier alpha value is -2.21. The summed E-state index contributed by atoms with van der Waals surface area (Å²) in [6, 6.07) is 11.8. The molecule has 0 saturated heterocycles. The van der Waals surface area contributed by atoms with E-state index in [0.29, 0.717) is 28.7 Å². The fourth-order valence-electron chi connectivity index (χ4n) is 3.69. The highest BCUT2D eigenvalue weighted by molar-refractivity contribution is 7.17. The molecule has 30 heavy (non-hydrogen) atoms. The second-order valence-corrected chi connectivity index (χ2v) is 8.46. The molecule has 0 saturated carbocycles. The maximum atomic E-state index is 12.8. The molecular formula is C23H23Cl2N3OS. The van der Waals surface area contributed by atoms with Gasteiger partial charge in [0.1, 0.15) is 4.83 Å². The van der Waals surface area contributed by atoms with Crippen molar-refractivity contribution in [1.82, 2.24) is 9.97 Å². The number of hydrogen-bond donors (Lipinski definition) is 1. The lowest BCUT2D eigenvalue weighted by Gasteiger charge is -2.11. The van der Waals surface area contributed by atoms with Gasteiger partial charge in [-0.2, -0.15) is 4.57 Å². The summed E-state index contributed by atoms with van der Waals surface area (Å²) in [6.07, 6.45) is 6.40. The average molecular weight is 460 g/mol. The monoisotopic (exact) mass is 459 g/mol. The maximum absolute atomic E-state index is 12.8. The average Bonchev–Trinajstić information content (AvgIpc) is 3.15. The van der Waals surface area contributed by atoms with Gasteiger partial charge in [0.15, 0.2) is 18.2 Å². The van der Waals surface area contributed by atoms with Crippen molar-refractivity contribution in [1.29, 1.82) is 0 Å². The van der Waals surface area contributed by atoms with Gasteiger partial charge in [-0.15, -0.1) is 11.3 Å². The van der Waals surface area contributed by atoms with Gasteiger partial charge in [0.25, 0.3) is 5.56 Å². The zero-order valence-corrected chi connectivity index (χ0v) is 19.2. The molecule has 1 N–H and O–H groups in total. The van der Waals surface area contributed by atoms with Gasteiger partial charge in [-0.05, 0) is 42.0 Å². The minimum absolute atomic E-state index is 0. The third-order valence-corrected chi connectivity index (χ3v) is 6.48. The summed E-state index contributed by atoms with van der Waals surface area (Å²) < 4.78 is 2.05. The third kappa shape index (κ3) is 4.59. The number of pyridine rings is 1. The van der Waals surface area contributed by atoms with Crippen LogP contribution in [0, 0.1) is 0 Å². The van der Waals surface area contributed by atoms with Crippen LogP contribution < -0.4 is 22.5 Å². The molecule has 0 radical (unpaired) electrons. The van der Waals surface area contributed by atoms with Gasteiger partial charge in [0.05, 0.1) is 5.39 Å². The van der Waals surface area contributed by atoms with Gasteiger partial charge in [-0.25, -0.2) is 4.98 Å². The highest BCUT2D eigenvalue weighted by atomic mass is 35.5. The van der Waals surface area contributed by atoms with E-state index in [1.54, 1.807) is 0 Å². The zero-order valence-electron chi connectivity index (χ0n) is 16.9. The maximum Gasteiger partial charge on any atom is 0.260 e. The summed E-state index contributed by atoms with van der Waals surface area (Å²) in [5, 5.41) is 3.29. The molecular weight excluding hydrogens is 437 g/mol. The standard InChI is InChI=1S/C23H22ClN3OS.ClH/c1-3-15(4-2)16-9-11-27(12-10-16)13-20-25-22(28)21-19(14-29-23(21)26-20)17-5-7-18(24)8-6-17;/h5-12,14-15H,3-4,13H2,1-2H3;1H. The number of rotatable bonds is 6. The molecule has 3 heterocycles. The minimum Gasteiger partial charge on any atom is -1.00 e. The molecule has 1 aromatic carbocycles. The zero-order chi connectivity index (χ0) is 20.4. The van der Waals surface area contributed by atoms with Gasteiger partial charge in [-0.1, -0.05) is 37.6 Å². The smallest absolute Gasteiger partial charge is 0.260 e. The van der Waals surface area contributed by atoms with Crippen molar-refractivity contribution < 1.29 is 17.0 Å². The quantitative estimate of drug-likeness (QED) is 0.450. The van der Waals surface area contributed by atoms with Crippen LogP contribution >= 0.6 is 22.9 Å². The molecule has 0 fully saturated rings. The summed E-state index contributed by atoms with van der Waals surface area (Å²) in [7, 11) is 0. The Morgan fingerprint density at radius 1 is 1.10 bits per heavy atom. The van der Waals surface area contributed by atoms with Gasteiger partial charge in [0, 0.05) is 28.1 Å². The molecule has 156 valence electrons. The van der Waals surface area contributed by atoms with Crippen LogP contribution in [0.2, 0.25) is 5.02 Å². The normalized spacial score (nSPS) is 11.1. The molecule has 7 heteroatoms. The van der Waals surface area contributed by atoms with E-state index in [1.807, 2.05) is 34.2 Å². The number of benzene rings is 1. The number of hydrogen-bond acceptors (Lipinski definition) is 3. The molecule has 0 amide bonds. The molecule has 0 unspecified atom stereocenters. The van der Waals surface area contributed by atoms with Crippen molar-refractivity contribution in [2.24, 2.45) is 0 Å². The molecule has 0 aliphatic carbocycles. The van der Waals surface area contributed by atoms with Crippen LogP contribution in [0.5, 0.6) is 0 Å². The lowest BCUT2D eigenvalue weighted by molar-refractivity contribution is -0.689. The molecule has 4 aromatic rings. The highest BCUT2D eigenvalue weighted by Crippen LogP contribution is 2.31. The first-order valence-electron chi connectivity index (χ1n) is 9.84. The van der Waals surface area contributed by atoms with Crippen LogP contribution in [0.25, 0.3) is 21.3 Å². The number of nitrogens with zero attached hydrogens (tertiary/aromatic N) is 2. The van der Waals surface area contributed by atoms with E-state index in [2.05, 4.69) is 43.4 Å². The molecule has 3 aromatic heterocycles. The minimum atomic E-state index is -0.106. The summed E-state index contributed by atoms with van der Waals surface area (Å²) in [4.78, 5) is 21.2. The van der Waals surface area contributed by atoms with Crippen LogP contribution in [0.15, 0.2) is 59.0 Å². The van der Waals surface area contributed by atoms with Crippen LogP contribution in [-0.4, -0.2) is 9.97 Å². The van der Waals surface area contributed by atoms with E-state index >= 15 is 0 Å². The molecule has 0 bridgehead atoms. The Morgan fingerprint density at radius 3 is 2.40 bits per heavy atom. The number of thiophene rings is 1. The number of fused-ring (bicyclic) bond motifs is 1. The first-order valence-corrected chi connectivity index (χ1v) is 11.1.